The summed E-state index contributed by atoms with van der Waals surface area (Å²) in [5.41, 5.74) is 0. The molecule has 1 rings (SSSR count). The maximum Gasteiger partial charge on any atom is 0.100 e. The van der Waals surface area contributed by atoms with Crippen molar-refractivity contribution in [3.8, 4) is 0 Å². The Hall–Kier alpha value is -0.0700. The highest BCUT2D eigenvalue weighted by atomic mass is 19.1. The van der Waals surface area contributed by atoms with E-state index in [1.807, 2.05) is 0 Å². The van der Waals surface area contributed by atoms with Gasteiger partial charge in [-0.05, 0) is 38.0 Å². The Morgan fingerprint density at radius 2 is 1.92 bits per heavy atom. The molecule has 1 fully saturated rings. The quantitative estimate of drug-likeness (QED) is 0.560. The van der Waals surface area contributed by atoms with Crippen LogP contribution in [-0.2, 0) is 0 Å². The first-order chi connectivity index (χ1) is 5.83. The van der Waals surface area contributed by atoms with Crippen molar-refractivity contribution in [3.63, 3.8) is 0 Å². The molecule has 1 saturated carbocycles. The molecule has 0 bridgehead atoms. The maximum absolute atomic E-state index is 12.7. The molecule has 12 heavy (non-hydrogen) atoms. The van der Waals surface area contributed by atoms with Crippen molar-refractivity contribution in [2.24, 2.45) is 0 Å². The van der Waals surface area contributed by atoms with Crippen molar-refractivity contribution in [2.75, 3.05) is 0 Å². The van der Waals surface area contributed by atoms with Crippen LogP contribution in [0.15, 0.2) is 0 Å². The molecular weight excluding hydrogens is 151 g/mol. The summed E-state index contributed by atoms with van der Waals surface area (Å²) in [5.74, 6) is 1.62. The standard InChI is InChI=1S/C11H20F/c1-2-3-4-5-10-6-8-11(12)9-7-10/h11H,2-9H2,1H3. The lowest BCUT2D eigenvalue weighted by molar-refractivity contribution is 0.257. The third kappa shape index (κ3) is 3.55. The Kier molecular flexibility index (Phi) is 4.63. The lowest BCUT2D eigenvalue weighted by atomic mass is 9.85. The fourth-order valence-corrected chi connectivity index (χ4v) is 1.87. The monoisotopic (exact) mass is 171 g/mol. The van der Waals surface area contributed by atoms with Gasteiger partial charge in [0.2, 0.25) is 0 Å². The molecule has 71 valence electrons. The molecule has 1 heteroatoms. The van der Waals surface area contributed by atoms with Gasteiger partial charge in [0.15, 0.2) is 0 Å². The normalized spacial score (nSPS) is 21.5. The van der Waals surface area contributed by atoms with Crippen molar-refractivity contribution in [1.82, 2.24) is 0 Å². The number of rotatable bonds is 4. The van der Waals surface area contributed by atoms with Gasteiger partial charge in [0, 0.05) is 0 Å². The van der Waals surface area contributed by atoms with Gasteiger partial charge < -0.3 is 0 Å². The Labute approximate surface area is 75.5 Å². The SMILES string of the molecule is CCCCC[C]1CCC(F)CC1. The second-order valence-corrected chi connectivity index (χ2v) is 3.88. The van der Waals surface area contributed by atoms with E-state index >= 15 is 0 Å². The molecule has 0 atom stereocenters. The van der Waals surface area contributed by atoms with Crippen molar-refractivity contribution in [3.05, 3.63) is 5.92 Å². The lowest BCUT2D eigenvalue weighted by Gasteiger charge is -2.23. The Bertz CT molecular complexity index is 104. The highest BCUT2D eigenvalue weighted by Crippen LogP contribution is 2.31. The summed E-state index contributed by atoms with van der Waals surface area (Å²) in [6.07, 6.45) is 8.42. The van der Waals surface area contributed by atoms with Crippen LogP contribution in [0.25, 0.3) is 0 Å². The number of unbranched alkanes of at least 4 members (excludes halogenated alkanes) is 2. The van der Waals surface area contributed by atoms with Crippen LogP contribution in [0.2, 0.25) is 0 Å². The number of alkyl halides is 1. The van der Waals surface area contributed by atoms with E-state index in [9.17, 15) is 4.39 Å². The molecule has 0 unspecified atom stereocenters. The van der Waals surface area contributed by atoms with Gasteiger partial charge in [0.05, 0.1) is 0 Å². The molecule has 0 nitrogen and oxygen atoms in total. The van der Waals surface area contributed by atoms with Crippen LogP contribution in [-0.4, -0.2) is 6.17 Å². The van der Waals surface area contributed by atoms with Gasteiger partial charge in [0.25, 0.3) is 0 Å². The summed E-state index contributed by atoms with van der Waals surface area (Å²) in [7, 11) is 0. The summed E-state index contributed by atoms with van der Waals surface area (Å²) in [4.78, 5) is 0. The van der Waals surface area contributed by atoms with E-state index in [4.69, 9.17) is 0 Å². The van der Waals surface area contributed by atoms with Crippen molar-refractivity contribution in [1.29, 1.82) is 0 Å². The van der Waals surface area contributed by atoms with E-state index < -0.39 is 6.17 Å². The van der Waals surface area contributed by atoms with Crippen molar-refractivity contribution in [2.45, 2.75) is 64.5 Å². The summed E-state index contributed by atoms with van der Waals surface area (Å²) in [6, 6.07) is 0. The highest BCUT2D eigenvalue weighted by Gasteiger charge is 2.19. The summed E-state index contributed by atoms with van der Waals surface area (Å²) >= 11 is 0. The first-order valence-electron chi connectivity index (χ1n) is 5.30. The van der Waals surface area contributed by atoms with Crippen LogP contribution in [0.5, 0.6) is 0 Å². The molecule has 1 aliphatic rings. The first-order valence-corrected chi connectivity index (χ1v) is 5.30. The van der Waals surface area contributed by atoms with Crippen LogP contribution in [0.3, 0.4) is 0 Å². The molecule has 0 heterocycles. The van der Waals surface area contributed by atoms with E-state index in [-0.39, 0.29) is 0 Å². The number of halogens is 1. The van der Waals surface area contributed by atoms with Gasteiger partial charge in [-0.25, -0.2) is 4.39 Å². The molecular formula is C11H20F. The van der Waals surface area contributed by atoms with Crippen LogP contribution in [0, 0.1) is 5.92 Å². The van der Waals surface area contributed by atoms with Crippen LogP contribution < -0.4 is 0 Å². The second-order valence-electron chi connectivity index (χ2n) is 3.88. The van der Waals surface area contributed by atoms with Gasteiger partial charge in [0.1, 0.15) is 6.17 Å². The fraction of sp³-hybridized carbons (Fsp3) is 0.909. The van der Waals surface area contributed by atoms with Gasteiger partial charge >= 0.3 is 0 Å². The molecule has 1 radical (unpaired) electrons. The Balaban J connectivity index is 2.01. The smallest absolute Gasteiger partial charge is 0.100 e. The maximum atomic E-state index is 12.7. The predicted molar refractivity (Wildman–Crippen MR) is 50.7 cm³/mol. The molecule has 0 aromatic heterocycles. The lowest BCUT2D eigenvalue weighted by Crippen LogP contribution is -2.13. The van der Waals surface area contributed by atoms with Gasteiger partial charge in [-0.15, -0.1) is 0 Å². The van der Waals surface area contributed by atoms with E-state index in [2.05, 4.69) is 6.92 Å². The largest absolute Gasteiger partial charge is 0.247 e. The zero-order valence-corrected chi connectivity index (χ0v) is 8.11. The molecule has 0 aromatic carbocycles. The molecule has 0 amide bonds. The average Bonchev–Trinajstić information content (AvgIpc) is 2.09. The Morgan fingerprint density at radius 3 is 2.50 bits per heavy atom. The minimum atomic E-state index is -0.500. The molecule has 0 saturated heterocycles. The average molecular weight is 171 g/mol. The second kappa shape index (κ2) is 5.55. The summed E-state index contributed by atoms with van der Waals surface area (Å²) in [6.45, 7) is 2.23. The fourth-order valence-electron chi connectivity index (χ4n) is 1.87. The minimum absolute atomic E-state index is 0.500. The first kappa shape index (κ1) is 10.0. The highest BCUT2D eigenvalue weighted by molar-refractivity contribution is 4.94. The zero-order valence-electron chi connectivity index (χ0n) is 8.11. The van der Waals surface area contributed by atoms with E-state index in [0.29, 0.717) is 0 Å². The van der Waals surface area contributed by atoms with Crippen molar-refractivity contribution < 1.29 is 4.39 Å². The Morgan fingerprint density at radius 1 is 1.25 bits per heavy atom. The van der Waals surface area contributed by atoms with Gasteiger partial charge in [-0.3, -0.25) is 0 Å². The molecule has 0 aliphatic heterocycles. The molecule has 1 aliphatic carbocycles. The molecule has 0 N–H and O–H groups in total. The summed E-state index contributed by atoms with van der Waals surface area (Å²) < 4.78 is 12.7. The summed E-state index contributed by atoms with van der Waals surface area (Å²) in [5, 5.41) is 0. The van der Waals surface area contributed by atoms with Crippen LogP contribution >= 0.6 is 0 Å². The molecule has 0 aromatic rings. The van der Waals surface area contributed by atoms with E-state index in [1.54, 1.807) is 5.92 Å². The molecule has 0 spiro atoms. The van der Waals surface area contributed by atoms with Gasteiger partial charge in [-0.2, -0.15) is 0 Å². The van der Waals surface area contributed by atoms with E-state index in [0.717, 1.165) is 25.7 Å². The number of hydrogen-bond donors (Lipinski definition) is 0. The van der Waals surface area contributed by atoms with Gasteiger partial charge in [-0.1, -0.05) is 26.2 Å². The number of hydrogen-bond acceptors (Lipinski definition) is 0. The third-order valence-corrected chi connectivity index (χ3v) is 2.76. The predicted octanol–water partition coefficient (Wildman–Crippen LogP) is 4.05. The van der Waals surface area contributed by atoms with Crippen LogP contribution in [0.4, 0.5) is 4.39 Å². The minimum Gasteiger partial charge on any atom is -0.247 e. The van der Waals surface area contributed by atoms with Crippen molar-refractivity contribution >= 4 is 0 Å². The zero-order chi connectivity index (χ0) is 8.81. The van der Waals surface area contributed by atoms with Crippen LogP contribution in [0.1, 0.15) is 58.3 Å². The third-order valence-electron chi connectivity index (χ3n) is 2.76. The van der Waals surface area contributed by atoms with E-state index in [1.165, 1.54) is 25.7 Å². The topological polar surface area (TPSA) is 0 Å².